The lowest BCUT2D eigenvalue weighted by Crippen LogP contribution is -2.54. The fraction of sp³-hybridized carbons (Fsp3) is 0.806. The van der Waals surface area contributed by atoms with Gasteiger partial charge in [-0.25, -0.2) is 0 Å². The van der Waals surface area contributed by atoms with Crippen LogP contribution in [-0.4, -0.2) is 6.04 Å². The molecule has 32 heavy (non-hydrogen) atoms. The molecule has 1 aromatic rings. The fourth-order valence-corrected chi connectivity index (χ4v) is 9.93. The minimum atomic E-state index is 0.438. The Morgan fingerprint density at radius 1 is 0.875 bits per heavy atom. The Morgan fingerprint density at radius 3 is 2.34 bits per heavy atom. The van der Waals surface area contributed by atoms with Crippen LogP contribution in [0.3, 0.4) is 0 Å². The van der Waals surface area contributed by atoms with Crippen LogP contribution in [0.1, 0.15) is 110 Å². The van der Waals surface area contributed by atoms with Crippen LogP contribution in [0, 0.1) is 46.3 Å². The third-order valence-corrected chi connectivity index (χ3v) is 11.8. The zero-order valence-electron chi connectivity index (χ0n) is 21.6. The van der Waals surface area contributed by atoms with Gasteiger partial charge in [-0.2, -0.15) is 0 Å². The summed E-state index contributed by atoms with van der Waals surface area (Å²) in [5.74, 6) is 5.88. The monoisotopic (exact) mass is 435 g/mol. The third-order valence-electron chi connectivity index (χ3n) is 11.8. The van der Waals surface area contributed by atoms with E-state index in [4.69, 9.17) is 0 Å². The van der Waals surface area contributed by atoms with E-state index in [9.17, 15) is 0 Å². The van der Waals surface area contributed by atoms with Gasteiger partial charge in [0.1, 0.15) is 0 Å². The zero-order chi connectivity index (χ0) is 22.5. The van der Waals surface area contributed by atoms with Crippen molar-refractivity contribution in [3.63, 3.8) is 0 Å². The van der Waals surface area contributed by atoms with Crippen molar-refractivity contribution >= 4 is 0 Å². The van der Waals surface area contributed by atoms with Crippen LogP contribution in [0.25, 0.3) is 0 Å². The minimum absolute atomic E-state index is 0.438. The molecule has 1 heteroatoms. The lowest BCUT2D eigenvalue weighted by atomic mass is 9.44. The van der Waals surface area contributed by atoms with Gasteiger partial charge in [-0.15, -0.1) is 0 Å². The molecule has 4 saturated carbocycles. The molecule has 0 saturated heterocycles. The molecule has 178 valence electrons. The summed E-state index contributed by atoms with van der Waals surface area (Å²) in [6.07, 6.45) is 15.0. The molecule has 0 aromatic heterocycles. The van der Waals surface area contributed by atoms with E-state index in [-0.39, 0.29) is 0 Å². The summed E-state index contributed by atoms with van der Waals surface area (Å²) in [6.45, 7) is 12.7. The molecular weight excluding hydrogens is 386 g/mol. The number of rotatable bonds is 5. The van der Waals surface area contributed by atoms with Gasteiger partial charge >= 0.3 is 0 Å². The maximum atomic E-state index is 4.03. The van der Waals surface area contributed by atoms with Crippen LogP contribution < -0.4 is 5.32 Å². The summed E-state index contributed by atoms with van der Waals surface area (Å²) in [5, 5.41) is 4.03. The first-order valence-electron chi connectivity index (χ1n) is 14.2. The molecule has 10 atom stereocenters. The van der Waals surface area contributed by atoms with Crippen molar-refractivity contribution in [2.75, 3.05) is 0 Å². The SMILES string of the molecule is CCC1CCC2(C)C(CCC3C2CCC2(C)C(C(C)NC(C)c4ccccc4)CCC32)C1. The van der Waals surface area contributed by atoms with Crippen molar-refractivity contribution in [3.8, 4) is 0 Å². The molecule has 4 fully saturated rings. The molecule has 0 bridgehead atoms. The van der Waals surface area contributed by atoms with Crippen LogP contribution in [0.5, 0.6) is 0 Å². The predicted octanol–water partition coefficient (Wildman–Crippen LogP) is 8.41. The van der Waals surface area contributed by atoms with Crippen molar-refractivity contribution in [1.82, 2.24) is 5.32 Å². The van der Waals surface area contributed by atoms with Crippen LogP contribution in [0.2, 0.25) is 0 Å². The highest BCUT2D eigenvalue weighted by Gasteiger charge is 2.60. The molecule has 10 unspecified atom stereocenters. The second kappa shape index (κ2) is 8.75. The summed E-state index contributed by atoms with van der Waals surface area (Å²) in [6, 6.07) is 12.1. The summed E-state index contributed by atoms with van der Waals surface area (Å²) in [7, 11) is 0. The van der Waals surface area contributed by atoms with Crippen LogP contribution in [-0.2, 0) is 0 Å². The minimum Gasteiger partial charge on any atom is -0.307 e. The van der Waals surface area contributed by atoms with E-state index in [1.807, 2.05) is 0 Å². The van der Waals surface area contributed by atoms with Gasteiger partial charge in [0, 0.05) is 12.1 Å². The van der Waals surface area contributed by atoms with Crippen molar-refractivity contribution < 1.29 is 0 Å². The molecule has 5 rings (SSSR count). The predicted molar refractivity (Wildman–Crippen MR) is 136 cm³/mol. The maximum absolute atomic E-state index is 4.03. The van der Waals surface area contributed by atoms with Crippen molar-refractivity contribution in [1.29, 1.82) is 0 Å². The van der Waals surface area contributed by atoms with Gasteiger partial charge in [0.25, 0.3) is 0 Å². The number of hydrogen-bond donors (Lipinski definition) is 1. The molecule has 0 heterocycles. The normalized spacial score (nSPS) is 45.4. The second-order valence-electron chi connectivity index (χ2n) is 13.0. The highest BCUT2D eigenvalue weighted by Crippen LogP contribution is 2.68. The molecule has 4 aliphatic carbocycles. The zero-order valence-corrected chi connectivity index (χ0v) is 21.6. The number of benzene rings is 1. The summed E-state index contributed by atoms with van der Waals surface area (Å²) < 4.78 is 0. The number of hydrogen-bond acceptors (Lipinski definition) is 1. The fourth-order valence-electron chi connectivity index (χ4n) is 9.93. The van der Waals surface area contributed by atoms with E-state index in [1.54, 1.807) is 6.42 Å². The molecule has 0 amide bonds. The first-order chi connectivity index (χ1) is 15.4. The first kappa shape index (κ1) is 22.9. The van der Waals surface area contributed by atoms with Gasteiger partial charge in [0.05, 0.1) is 0 Å². The molecule has 1 nitrogen and oxygen atoms in total. The lowest BCUT2D eigenvalue weighted by molar-refractivity contribution is -0.119. The highest BCUT2D eigenvalue weighted by molar-refractivity contribution is 5.18. The first-order valence-corrected chi connectivity index (χ1v) is 14.2. The summed E-state index contributed by atoms with van der Waals surface area (Å²) in [5.41, 5.74) is 2.63. The smallest absolute Gasteiger partial charge is 0.0294 e. The van der Waals surface area contributed by atoms with E-state index in [1.165, 1.54) is 63.4 Å². The number of fused-ring (bicyclic) bond motifs is 5. The Kier molecular flexibility index (Phi) is 6.28. The quantitative estimate of drug-likeness (QED) is 0.489. The van der Waals surface area contributed by atoms with Gasteiger partial charge in [-0.05, 0) is 124 Å². The Hall–Kier alpha value is -0.820. The highest BCUT2D eigenvalue weighted by atomic mass is 15.0. The van der Waals surface area contributed by atoms with Crippen molar-refractivity contribution in [2.24, 2.45) is 46.3 Å². The lowest BCUT2D eigenvalue weighted by Gasteiger charge is -2.61. The summed E-state index contributed by atoms with van der Waals surface area (Å²) >= 11 is 0. The second-order valence-corrected chi connectivity index (χ2v) is 13.0. The molecular formula is C31H49N. The third kappa shape index (κ3) is 3.70. The van der Waals surface area contributed by atoms with Gasteiger partial charge in [0.15, 0.2) is 0 Å². The van der Waals surface area contributed by atoms with Gasteiger partial charge in [0.2, 0.25) is 0 Å². The van der Waals surface area contributed by atoms with Gasteiger partial charge in [-0.1, -0.05) is 57.5 Å². The van der Waals surface area contributed by atoms with Crippen molar-refractivity contribution in [2.45, 2.75) is 111 Å². The number of nitrogens with one attached hydrogen (secondary N) is 1. The van der Waals surface area contributed by atoms with Crippen LogP contribution in [0.15, 0.2) is 30.3 Å². The van der Waals surface area contributed by atoms with E-state index < -0.39 is 0 Å². The standard InChI is InChI=1S/C31H49N/c1-6-23-16-18-30(4)25(20-23)12-13-26-28-15-14-27(31(28,5)19-17-29(26)30)22(3)32-21(2)24-10-8-7-9-11-24/h7-11,21-23,25-29,32H,6,12-20H2,1-5H3. The molecule has 0 aliphatic heterocycles. The molecule has 1 N–H and O–H groups in total. The Morgan fingerprint density at radius 2 is 1.59 bits per heavy atom. The van der Waals surface area contributed by atoms with E-state index in [0.717, 1.165) is 35.5 Å². The molecule has 4 aliphatic rings. The van der Waals surface area contributed by atoms with E-state index in [2.05, 4.69) is 70.3 Å². The van der Waals surface area contributed by atoms with Crippen molar-refractivity contribution in [3.05, 3.63) is 35.9 Å². The van der Waals surface area contributed by atoms with E-state index >= 15 is 0 Å². The molecule has 0 spiro atoms. The molecule has 0 radical (unpaired) electrons. The average molecular weight is 436 g/mol. The average Bonchev–Trinajstić information content (AvgIpc) is 3.16. The van der Waals surface area contributed by atoms with E-state index in [0.29, 0.717) is 22.9 Å². The largest absolute Gasteiger partial charge is 0.307 e. The van der Waals surface area contributed by atoms with Crippen LogP contribution >= 0.6 is 0 Å². The van der Waals surface area contributed by atoms with Crippen LogP contribution in [0.4, 0.5) is 0 Å². The van der Waals surface area contributed by atoms with Gasteiger partial charge in [-0.3, -0.25) is 0 Å². The Labute approximate surface area is 198 Å². The molecule has 1 aromatic carbocycles. The Balaban J connectivity index is 1.30. The summed E-state index contributed by atoms with van der Waals surface area (Å²) in [4.78, 5) is 0. The van der Waals surface area contributed by atoms with Gasteiger partial charge < -0.3 is 5.32 Å². The topological polar surface area (TPSA) is 12.0 Å². The Bertz CT molecular complexity index is 772. The maximum Gasteiger partial charge on any atom is 0.0294 e.